The average molecular weight is 558 g/mol. The number of hydrogen-bond acceptors (Lipinski definition) is 5. The number of carboxylic acid groups (broad SMARTS) is 1. The maximum Gasteiger partial charge on any atom is 0.303 e. The number of carbonyl (C=O) groups excluding carboxylic acids is 1. The molecule has 1 N–H and O–H groups in total. The highest BCUT2D eigenvalue weighted by molar-refractivity contribution is 7.10. The molecule has 1 heterocycles. The zero-order chi connectivity index (χ0) is 27.0. The maximum absolute atomic E-state index is 12.9. The summed E-state index contributed by atoms with van der Waals surface area (Å²) >= 11 is 0. The van der Waals surface area contributed by atoms with Crippen LogP contribution >= 0.6 is 18.9 Å². The molecule has 204 valence electrons. The van der Waals surface area contributed by atoms with Gasteiger partial charge in [-0.25, -0.2) is 8.78 Å². The van der Waals surface area contributed by atoms with Crippen molar-refractivity contribution in [2.75, 3.05) is 26.3 Å². The van der Waals surface area contributed by atoms with Gasteiger partial charge in [-0.05, 0) is 61.1 Å². The van der Waals surface area contributed by atoms with Gasteiger partial charge in [0.25, 0.3) is 0 Å². The molecule has 0 aromatic heterocycles. The fourth-order valence-electron chi connectivity index (χ4n) is 3.83. The quantitative estimate of drug-likeness (QED) is 0.341. The molecule has 4 atom stereocenters. The van der Waals surface area contributed by atoms with Crippen LogP contribution in [0.15, 0.2) is 48.5 Å². The lowest BCUT2D eigenvalue weighted by Crippen LogP contribution is -2.40. The average Bonchev–Trinajstić information content (AvgIpc) is 2.91. The molecule has 1 saturated heterocycles. The molecule has 1 aliphatic heterocycles. The van der Waals surface area contributed by atoms with Gasteiger partial charge < -0.3 is 23.8 Å². The number of ether oxygens (including phenoxy) is 1. The first-order valence-electron chi connectivity index (χ1n) is 12.1. The summed E-state index contributed by atoms with van der Waals surface area (Å²) in [7, 11) is 4.40. The number of aliphatic carboxylic acids is 1. The zero-order valence-electron chi connectivity index (χ0n) is 20.7. The first-order chi connectivity index (χ1) is 17.8. The van der Waals surface area contributed by atoms with Gasteiger partial charge in [0.2, 0.25) is 5.91 Å². The largest absolute Gasteiger partial charge is 0.481 e. The van der Waals surface area contributed by atoms with E-state index in [1.807, 2.05) is 4.90 Å². The van der Waals surface area contributed by atoms with Crippen LogP contribution in [0.5, 0.6) is 0 Å². The van der Waals surface area contributed by atoms with Crippen LogP contribution in [0, 0.1) is 11.6 Å². The van der Waals surface area contributed by atoms with Crippen molar-refractivity contribution in [2.45, 2.75) is 50.7 Å². The number of halogens is 2. The third-order valence-electron chi connectivity index (χ3n) is 5.89. The van der Waals surface area contributed by atoms with E-state index in [9.17, 15) is 18.4 Å². The van der Waals surface area contributed by atoms with E-state index < -0.39 is 5.97 Å². The van der Waals surface area contributed by atoms with E-state index in [0.717, 1.165) is 24.0 Å². The van der Waals surface area contributed by atoms with Gasteiger partial charge in [0.05, 0.1) is 25.4 Å². The van der Waals surface area contributed by atoms with E-state index in [4.69, 9.17) is 18.9 Å². The molecular formula is C26H35F2NO6P2. The zero-order valence-corrected chi connectivity index (χ0v) is 23.0. The van der Waals surface area contributed by atoms with Gasteiger partial charge in [-0.2, -0.15) is 0 Å². The van der Waals surface area contributed by atoms with Crippen LogP contribution in [0.4, 0.5) is 8.78 Å². The van der Waals surface area contributed by atoms with Gasteiger partial charge in [-0.1, -0.05) is 24.3 Å². The van der Waals surface area contributed by atoms with Crippen LogP contribution in [-0.2, 0) is 23.4 Å². The van der Waals surface area contributed by atoms with Gasteiger partial charge in [-0.15, -0.1) is 0 Å². The molecule has 0 aliphatic carbocycles. The third-order valence-corrected chi connectivity index (χ3v) is 6.55. The Hall–Kier alpha value is -2.02. The summed E-state index contributed by atoms with van der Waals surface area (Å²) in [4.78, 5) is 24.2. The van der Waals surface area contributed by atoms with Crippen molar-refractivity contribution in [1.29, 1.82) is 0 Å². The Balaban J connectivity index is 0.000000271. The molecule has 11 heteroatoms. The Morgan fingerprint density at radius 3 is 1.68 bits per heavy atom. The lowest BCUT2D eigenvalue weighted by Gasteiger charge is -2.27. The van der Waals surface area contributed by atoms with Crippen molar-refractivity contribution >= 4 is 30.8 Å². The van der Waals surface area contributed by atoms with Gasteiger partial charge in [0.1, 0.15) is 11.6 Å². The van der Waals surface area contributed by atoms with E-state index in [2.05, 4.69) is 18.9 Å². The van der Waals surface area contributed by atoms with Crippen molar-refractivity contribution < 1.29 is 37.3 Å². The SMILES string of the molecule is O=C(CCC[C@H](OP)c1ccc(F)cc1)N1CCOCC1.O=C(O)CCC[C@H](OP)c1ccc(F)cc1. The number of amides is 1. The molecule has 0 spiro atoms. The summed E-state index contributed by atoms with van der Waals surface area (Å²) in [6.07, 6.45) is 2.89. The number of morpholine rings is 1. The highest BCUT2D eigenvalue weighted by atomic mass is 31.0. The summed E-state index contributed by atoms with van der Waals surface area (Å²) in [5.74, 6) is -1.21. The summed E-state index contributed by atoms with van der Waals surface area (Å²) in [6.45, 7) is 2.61. The van der Waals surface area contributed by atoms with Crippen molar-refractivity contribution in [1.82, 2.24) is 4.90 Å². The Morgan fingerprint density at radius 2 is 1.27 bits per heavy atom. The minimum Gasteiger partial charge on any atom is -0.481 e. The summed E-state index contributed by atoms with van der Waals surface area (Å²) < 4.78 is 41.3. The van der Waals surface area contributed by atoms with Gasteiger partial charge in [0.15, 0.2) is 0 Å². The molecule has 1 amide bonds. The molecule has 7 nitrogen and oxygen atoms in total. The number of carbonyl (C=O) groups is 2. The molecule has 0 saturated carbocycles. The molecule has 2 unspecified atom stereocenters. The molecule has 37 heavy (non-hydrogen) atoms. The Kier molecular flexibility index (Phi) is 14.7. The van der Waals surface area contributed by atoms with Crippen LogP contribution in [0.25, 0.3) is 0 Å². The van der Waals surface area contributed by atoms with Crippen molar-refractivity contribution in [3.63, 3.8) is 0 Å². The summed E-state index contributed by atoms with van der Waals surface area (Å²) in [6, 6.07) is 12.3. The topological polar surface area (TPSA) is 85.3 Å². The van der Waals surface area contributed by atoms with Crippen LogP contribution in [0.1, 0.15) is 61.9 Å². The second-order valence-electron chi connectivity index (χ2n) is 8.52. The minimum absolute atomic E-state index is 0.117. The predicted molar refractivity (Wildman–Crippen MR) is 143 cm³/mol. The number of benzene rings is 2. The van der Waals surface area contributed by atoms with Crippen LogP contribution in [-0.4, -0.2) is 48.2 Å². The van der Waals surface area contributed by atoms with Crippen molar-refractivity contribution in [3.05, 3.63) is 71.3 Å². The number of nitrogens with zero attached hydrogens (tertiary/aromatic N) is 1. The van der Waals surface area contributed by atoms with E-state index in [0.29, 0.717) is 45.6 Å². The second-order valence-corrected chi connectivity index (χ2v) is 9.07. The molecule has 1 aliphatic rings. The molecule has 0 radical (unpaired) electrons. The Morgan fingerprint density at radius 1 is 0.838 bits per heavy atom. The number of rotatable bonds is 12. The number of hydrogen-bond donors (Lipinski definition) is 1. The molecule has 0 bridgehead atoms. The van der Waals surface area contributed by atoms with Crippen molar-refractivity contribution in [2.24, 2.45) is 0 Å². The molecule has 1 fully saturated rings. The molecule has 2 aromatic rings. The monoisotopic (exact) mass is 557 g/mol. The van der Waals surface area contributed by atoms with E-state index in [-0.39, 0.29) is 36.2 Å². The van der Waals surface area contributed by atoms with Gasteiger partial charge in [0, 0.05) is 44.9 Å². The molecule has 2 aromatic carbocycles. The highest BCUT2D eigenvalue weighted by Gasteiger charge is 2.18. The summed E-state index contributed by atoms with van der Waals surface area (Å²) in [5.41, 5.74) is 1.77. The first-order valence-corrected chi connectivity index (χ1v) is 13.1. The van der Waals surface area contributed by atoms with Gasteiger partial charge in [-0.3, -0.25) is 9.59 Å². The standard InChI is InChI=1S/C15H21FNO3P.C11H14FO3P/c16-13-6-4-12(5-7-13)14(20-21)2-1-3-15(18)17-8-10-19-11-9-17;12-9-6-4-8(5-7-9)10(15-16)2-1-3-11(13)14/h4-7,14H,1-3,8-11,21H2;4-7,10H,1-3,16H2,(H,13,14)/t14-;10-/m00/s1. The first kappa shape index (κ1) is 31.2. The van der Waals surface area contributed by atoms with E-state index in [1.165, 1.54) is 24.3 Å². The Labute approximate surface area is 221 Å². The third kappa shape index (κ3) is 11.9. The fraction of sp³-hybridized carbons (Fsp3) is 0.462. The maximum atomic E-state index is 12.9. The van der Waals surface area contributed by atoms with Crippen LogP contribution in [0.2, 0.25) is 0 Å². The van der Waals surface area contributed by atoms with Gasteiger partial charge >= 0.3 is 5.97 Å². The van der Waals surface area contributed by atoms with E-state index >= 15 is 0 Å². The fourth-order valence-corrected chi connectivity index (χ4v) is 4.42. The lowest BCUT2D eigenvalue weighted by molar-refractivity contribution is -0.137. The van der Waals surface area contributed by atoms with Crippen LogP contribution in [0.3, 0.4) is 0 Å². The second kappa shape index (κ2) is 17.5. The molecular weight excluding hydrogens is 522 g/mol. The Bertz CT molecular complexity index is 943. The lowest BCUT2D eigenvalue weighted by atomic mass is 10.0. The minimum atomic E-state index is -0.818. The number of carboxylic acids is 1. The molecule has 3 rings (SSSR count). The normalized spacial score (nSPS) is 14.9. The predicted octanol–water partition coefficient (Wildman–Crippen LogP) is 5.63. The van der Waals surface area contributed by atoms with Crippen LogP contribution < -0.4 is 0 Å². The highest BCUT2D eigenvalue weighted by Crippen LogP contribution is 2.27. The van der Waals surface area contributed by atoms with Crippen molar-refractivity contribution in [3.8, 4) is 0 Å². The smallest absolute Gasteiger partial charge is 0.303 e. The van der Waals surface area contributed by atoms with E-state index in [1.54, 1.807) is 24.3 Å². The summed E-state index contributed by atoms with van der Waals surface area (Å²) in [5, 5.41) is 8.51.